The predicted octanol–water partition coefficient (Wildman–Crippen LogP) is 0.912. The number of aromatic nitrogens is 1. The predicted molar refractivity (Wildman–Crippen MR) is 57.5 cm³/mol. The molecule has 1 heterocycles. The lowest BCUT2D eigenvalue weighted by Crippen LogP contribution is -2.25. The zero-order chi connectivity index (χ0) is 12.0. The molecule has 0 bridgehead atoms. The molecule has 0 aliphatic rings. The lowest BCUT2D eigenvalue weighted by molar-refractivity contribution is 0.574. The van der Waals surface area contributed by atoms with Crippen molar-refractivity contribution in [3.8, 4) is 12.3 Å². The lowest BCUT2D eigenvalue weighted by atomic mass is 10.3. The Labute approximate surface area is 94.0 Å². The van der Waals surface area contributed by atoms with E-state index >= 15 is 0 Å². The summed E-state index contributed by atoms with van der Waals surface area (Å²) in [5.74, 6) is 1.71. The van der Waals surface area contributed by atoms with Crippen LogP contribution in [-0.4, -0.2) is 19.9 Å². The van der Waals surface area contributed by atoms with Gasteiger partial charge in [-0.25, -0.2) is 17.5 Å². The van der Waals surface area contributed by atoms with Gasteiger partial charge in [-0.2, -0.15) is 0 Å². The molecule has 0 unspecified atom stereocenters. The average molecular weight is 242 g/mol. The summed E-state index contributed by atoms with van der Waals surface area (Å²) in [6.45, 7) is 0.225. The fourth-order valence-electron chi connectivity index (χ4n) is 1.02. The third kappa shape index (κ3) is 3.61. The third-order valence-corrected chi connectivity index (χ3v) is 3.21. The van der Waals surface area contributed by atoms with Gasteiger partial charge in [0.1, 0.15) is 10.7 Å². The van der Waals surface area contributed by atoms with Crippen LogP contribution in [0.1, 0.15) is 12.8 Å². The van der Waals surface area contributed by atoms with Gasteiger partial charge in [0.05, 0.1) is 6.20 Å². The van der Waals surface area contributed by atoms with E-state index in [-0.39, 0.29) is 11.4 Å². The lowest BCUT2D eigenvalue weighted by Gasteiger charge is -2.04. The highest BCUT2D eigenvalue weighted by Crippen LogP contribution is 2.08. The van der Waals surface area contributed by atoms with E-state index < -0.39 is 15.8 Å². The van der Waals surface area contributed by atoms with E-state index in [0.717, 1.165) is 18.5 Å². The second-order valence-corrected chi connectivity index (χ2v) is 4.81. The van der Waals surface area contributed by atoms with Gasteiger partial charge in [-0.3, -0.25) is 4.98 Å². The van der Waals surface area contributed by atoms with Crippen LogP contribution in [0.3, 0.4) is 0 Å². The van der Waals surface area contributed by atoms with Gasteiger partial charge in [-0.15, -0.1) is 12.3 Å². The van der Waals surface area contributed by atoms with Crippen molar-refractivity contribution in [2.24, 2.45) is 0 Å². The summed E-state index contributed by atoms with van der Waals surface area (Å²) in [6.07, 6.45) is 8.08. The summed E-state index contributed by atoms with van der Waals surface area (Å²) in [5.41, 5.74) is 0. The van der Waals surface area contributed by atoms with Crippen LogP contribution in [0.25, 0.3) is 0 Å². The molecule has 1 aromatic rings. The third-order valence-electron chi connectivity index (χ3n) is 1.78. The van der Waals surface area contributed by atoms with Crippen LogP contribution >= 0.6 is 0 Å². The van der Waals surface area contributed by atoms with E-state index in [1.807, 2.05) is 0 Å². The Balaban J connectivity index is 2.68. The molecule has 1 N–H and O–H groups in total. The van der Waals surface area contributed by atoms with Crippen molar-refractivity contribution in [1.82, 2.24) is 9.71 Å². The first-order valence-electron chi connectivity index (χ1n) is 4.60. The number of rotatable bonds is 5. The number of nitrogens with one attached hydrogen (secondary N) is 1. The van der Waals surface area contributed by atoms with Crippen LogP contribution in [0.5, 0.6) is 0 Å². The Kier molecular flexibility index (Phi) is 4.40. The molecular weight excluding hydrogens is 231 g/mol. The summed E-state index contributed by atoms with van der Waals surface area (Å²) in [6, 6.07) is 0.913. The minimum absolute atomic E-state index is 0.187. The number of hydrogen-bond donors (Lipinski definition) is 1. The molecule has 0 atom stereocenters. The summed E-state index contributed by atoms with van der Waals surface area (Å²) in [4.78, 5) is 3.28. The number of hydrogen-bond acceptors (Lipinski definition) is 3. The Morgan fingerprint density at radius 3 is 2.88 bits per heavy atom. The van der Waals surface area contributed by atoms with Crippen molar-refractivity contribution < 1.29 is 12.8 Å². The van der Waals surface area contributed by atoms with E-state index in [2.05, 4.69) is 15.6 Å². The van der Waals surface area contributed by atoms with Crippen molar-refractivity contribution in [3.63, 3.8) is 0 Å². The van der Waals surface area contributed by atoms with Crippen LogP contribution in [0.2, 0.25) is 0 Å². The Morgan fingerprint density at radius 1 is 1.50 bits per heavy atom. The Morgan fingerprint density at radius 2 is 2.25 bits per heavy atom. The molecule has 0 saturated carbocycles. The number of sulfonamides is 1. The highest BCUT2D eigenvalue weighted by atomic mass is 32.2. The largest absolute Gasteiger partial charge is 0.260 e. The van der Waals surface area contributed by atoms with Crippen molar-refractivity contribution in [2.45, 2.75) is 17.7 Å². The fourth-order valence-corrected chi connectivity index (χ4v) is 2.07. The monoisotopic (exact) mass is 242 g/mol. The van der Waals surface area contributed by atoms with Crippen LogP contribution in [0.15, 0.2) is 23.4 Å². The molecule has 16 heavy (non-hydrogen) atoms. The topological polar surface area (TPSA) is 59.1 Å². The summed E-state index contributed by atoms with van der Waals surface area (Å²) in [7, 11) is -3.68. The van der Waals surface area contributed by atoms with E-state index in [1.54, 1.807) is 0 Å². The van der Waals surface area contributed by atoms with E-state index in [0.29, 0.717) is 12.8 Å². The standard InChI is InChI=1S/C10H11FN2O2S/c1-2-3-4-5-13-16(14,15)10-6-9(11)7-12-8-10/h1,6-8,13H,3-5H2. The zero-order valence-corrected chi connectivity index (χ0v) is 9.30. The number of nitrogens with zero attached hydrogens (tertiary/aromatic N) is 1. The van der Waals surface area contributed by atoms with Gasteiger partial charge >= 0.3 is 0 Å². The molecule has 86 valence electrons. The molecule has 0 radical (unpaired) electrons. The average Bonchev–Trinajstić information content (AvgIpc) is 2.24. The smallest absolute Gasteiger partial charge is 0.242 e. The molecular formula is C10H11FN2O2S. The van der Waals surface area contributed by atoms with Gasteiger partial charge in [-0.05, 0) is 12.5 Å². The van der Waals surface area contributed by atoms with Gasteiger partial charge in [0.25, 0.3) is 0 Å². The first-order valence-corrected chi connectivity index (χ1v) is 6.08. The molecule has 0 fully saturated rings. The SMILES string of the molecule is C#CCCCNS(=O)(=O)c1cncc(F)c1. The number of terminal acetylenes is 1. The van der Waals surface area contributed by atoms with Crippen LogP contribution < -0.4 is 4.72 Å². The first-order chi connectivity index (χ1) is 7.56. The molecule has 0 aliphatic heterocycles. The highest BCUT2D eigenvalue weighted by molar-refractivity contribution is 7.89. The van der Waals surface area contributed by atoms with Crippen LogP contribution in [-0.2, 0) is 10.0 Å². The molecule has 4 nitrogen and oxygen atoms in total. The molecule has 0 aliphatic carbocycles. The molecule has 1 rings (SSSR count). The molecule has 0 saturated heterocycles. The van der Waals surface area contributed by atoms with E-state index in [4.69, 9.17) is 6.42 Å². The normalized spacial score (nSPS) is 11.0. The zero-order valence-electron chi connectivity index (χ0n) is 8.48. The van der Waals surface area contributed by atoms with Crippen molar-refractivity contribution in [3.05, 3.63) is 24.3 Å². The summed E-state index contributed by atoms with van der Waals surface area (Å²) >= 11 is 0. The maximum Gasteiger partial charge on any atom is 0.242 e. The fraction of sp³-hybridized carbons (Fsp3) is 0.300. The van der Waals surface area contributed by atoms with Crippen molar-refractivity contribution in [2.75, 3.05) is 6.54 Å². The first kappa shape index (κ1) is 12.6. The number of pyridine rings is 1. The van der Waals surface area contributed by atoms with Gasteiger partial charge < -0.3 is 0 Å². The molecule has 0 spiro atoms. The van der Waals surface area contributed by atoms with Crippen LogP contribution in [0.4, 0.5) is 4.39 Å². The van der Waals surface area contributed by atoms with E-state index in [9.17, 15) is 12.8 Å². The van der Waals surface area contributed by atoms with Gasteiger partial charge in [0, 0.05) is 19.2 Å². The van der Waals surface area contributed by atoms with Gasteiger partial charge in [-0.1, -0.05) is 0 Å². The molecule has 1 aromatic heterocycles. The van der Waals surface area contributed by atoms with Crippen molar-refractivity contribution in [1.29, 1.82) is 0 Å². The minimum atomic E-state index is -3.68. The minimum Gasteiger partial charge on any atom is -0.260 e. The maximum atomic E-state index is 12.8. The molecule has 6 heteroatoms. The summed E-state index contributed by atoms with van der Waals surface area (Å²) < 4.78 is 38.2. The number of unbranched alkanes of at least 4 members (excludes halogenated alkanes) is 1. The van der Waals surface area contributed by atoms with Gasteiger partial charge in [0.2, 0.25) is 10.0 Å². The highest BCUT2D eigenvalue weighted by Gasteiger charge is 2.13. The Bertz CT molecular complexity index is 494. The van der Waals surface area contributed by atoms with Gasteiger partial charge in [0.15, 0.2) is 0 Å². The second-order valence-electron chi connectivity index (χ2n) is 3.04. The second kappa shape index (κ2) is 5.58. The van der Waals surface area contributed by atoms with Crippen LogP contribution in [0, 0.1) is 18.2 Å². The maximum absolute atomic E-state index is 12.8. The van der Waals surface area contributed by atoms with E-state index in [1.165, 1.54) is 0 Å². The molecule has 0 aromatic carbocycles. The molecule has 0 amide bonds. The van der Waals surface area contributed by atoms with Crippen molar-refractivity contribution >= 4 is 10.0 Å². The quantitative estimate of drug-likeness (QED) is 0.617. The Hall–Kier alpha value is -1.45. The number of halogens is 1. The summed E-state index contributed by atoms with van der Waals surface area (Å²) in [5, 5.41) is 0.